The first-order valence-corrected chi connectivity index (χ1v) is 16.8. The number of fused-ring (bicyclic) bond motifs is 7. The molecular formula is C42H22N4S. The van der Waals surface area contributed by atoms with E-state index < -0.39 is 0 Å². The molecule has 0 aliphatic heterocycles. The van der Waals surface area contributed by atoms with Gasteiger partial charge in [-0.3, -0.25) is 4.57 Å². The topological polar surface area (TPSA) is 35.1 Å². The lowest BCUT2D eigenvalue weighted by atomic mass is 9.98. The average molecular weight is 615 g/mol. The van der Waals surface area contributed by atoms with Crippen LogP contribution in [0.1, 0.15) is 0 Å². The molecule has 4 nitrogen and oxygen atoms in total. The van der Waals surface area contributed by atoms with Crippen LogP contribution in [0.4, 0.5) is 0 Å². The molecule has 0 fully saturated rings. The van der Waals surface area contributed by atoms with Crippen LogP contribution in [-0.2, 0) is 0 Å². The number of hydrogen-bond acceptors (Lipinski definition) is 3. The molecule has 7 aromatic carbocycles. The van der Waals surface area contributed by atoms with Crippen LogP contribution >= 0.6 is 11.3 Å². The number of para-hydroxylation sites is 1. The summed E-state index contributed by atoms with van der Waals surface area (Å²) in [7, 11) is 0. The molecule has 5 aromatic heterocycles. The number of nitrogens with zero attached hydrogens (tertiary/aromatic N) is 4. The molecule has 0 aliphatic carbocycles. The zero-order chi connectivity index (χ0) is 30.4. The number of hydrogen-bond donors (Lipinski definition) is 0. The predicted octanol–water partition coefficient (Wildman–Crippen LogP) is 11.3. The molecule has 0 saturated carbocycles. The van der Waals surface area contributed by atoms with Crippen LogP contribution in [0.3, 0.4) is 0 Å². The Hall–Kier alpha value is -6.04. The summed E-state index contributed by atoms with van der Waals surface area (Å²) in [6.45, 7) is 0. The summed E-state index contributed by atoms with van der Waals surface area (Å²) in [4.78, 5) is 10.9. The molecule has 0 radical (unpaired) electrons. The summed E-state index contributed by atoms with van der Waals surface area (Å²) in [5.74, 6) is 0.698. The smallest absolute Gasteiger partial charge is 0.235 e. The molecule has 0 spiro atoms. The fourth-order valence-electron chi connectivity index (χ4n) is 8.34. The molecule has 5 heterocycles. The molecule has 216 valence electrons. The SMILES string of the molecule is c1ccc(-c2nc(-n3c4ccc5cccc6c5c4c4c5c(ccc7c8ccccc8n6c75)ccc43)nc3c2sc2ccccc23)cc1. The van der Waals surface area contributed by atoms with Crippen LogP contribution in [0.25, 0.3) is 108 Å². The van der Waals surface area contributed by atoms with E-state index >= 15 is 0 Å². The van der Waals surface area contributed by atoms with Crippen molar-refractivity contribution >= 4 is 102 Å². The third-order valence-electron chi connectivity index (χ3n) is 10.2. The van der Waals surface area contributed by atoms with Gasteiger partial charge in [0.1, 0.15) is 0 Å². The van der Waals surface area contributed by atoms with E-state index in [0.717, 1.165) is 32.5 Å². The van der Waals surface area contributed by atoms with Crippen molar-refractivity contribution in [2.45, 2.75) is 0 Å². The van der Waals surface area contributed by atoms with Crippen molar-refractivity contribution in [2.75, 3.05) is 0 Å². The highest BCUT2D eigenvalue weighted by atomic mass is 32.1. The lowest BCUT2D eigenvalue weighted by Gasteiger charge is -2.11. The van der Waals surface area contributed by atoms with Gasteiger partial charge in [0.15, 0.2) is 0 Å². The van der Waals surface area contributed by atoms with E-state index in [2.05, 4.69) is 142 Å². The normalized spacial score (nSPS) is 12.7. The number of thiophene rings is 1. The summed E-state index contributed by atoms with van der Waals surface area (Å²) in [6, 6.07) is 48.4. The van der Waals surface area contributed by atoms with Crippen LogP contribution in [0.15, 0.2) is 133 Å². The van der Waals surface area contributed by atoms with Crippen LogP contribution in [0.5, 0.6) is 0 Å². The highest BCUT2D eigenvalue weighted by Crippen LogP contribution is 2.48. The minimum absolute atomic E-state index is 0.698. The van der Waals surface area contributed by atoms with E-state index in [1.54, 1.807) is 11.3 Å². The first-order valence-electron chi connectivity index (χ1n) is 15.9. The Bertz CT molecular complexity index is 3240. The van der Waals surface area contributed by atoms with Crippen molar-refractivity contribution in [2.24, 2.45) is 0 Å². The van der Waals surface area contributed by atoms with Crippen molar-refractivity contribution in [1.29, 1.82) is 0 Å². The van der Waals surface area contributed by atoms with Gasteiger partial charge in [-0.05, 0) is 41.1 Å². The maximum absolute atomic E-state index is 5.44. The largest absolute Gasteiger partial charge is 0.308 e. The second kappa shape index (κ2) is 8.40. The first kappa shape index (κ1) is 24.2. The fourth-order valence-corrected chi connectivity index (χ4v) is 9.49. The quantitative estimate of drug-likeness (QED) is 0.194. The van der Waals surface area contributed by atoms with E-state index in [0.29, 0.717) is 5.95 Å². The van der Waals surface area contributed by atoms with Crippen molar-refractivity contribution in [3.05, 3.63) is 133 Å². The Balaban J connectivity index is 1.35. The minimum atomic E-state index is 0.698. The Morgan fingerprint density at radius 2 is 1.17 bits per heavy atom. The van der Waals surface area contributed by atoms with Gasteiger partial charge in [0.2, 0.25) is 5.95 Å². The van der Waals surface area contributed by atoms with Gasteiger partial charge in [-0.2, -0.15) is 0 Å². The van der Waals surface area contributed by atoms with Gasteiger partial charge in [-0.25, -0.2) is 9.97 Å². The third-order valence-corrected chi connectivity index (χ3v) is 11.4. The maximum atomic E-state index is 5.44. The number of aromatic nitrogens is 4. The molecule has 0 N–H and O–H groups in total. The van der Waals surface area contributed by atoms with Gasteiger partial charge in [-0.15, -0.1) is 11.3 Å². The monoisotopic (exact) mass is 614 g/mol. The van der Waals surface area contributed by atoms with Crippen molar-refractivity contribution in [1.82, 2.24) is 18.9 Å². The Kier molecular flexibility index (Phi) is 4.33. The predicted molar refractivity (Wildman–Crippen MR) is 198 cm³/mol. The summed E-state index contributed by atoms with van der Waals surface area (Å²) >= 11 is 1.77. The van der Waals surface area contributed by atoms with Crippen LogP contribution in [0.2, 0.25) is 0 Å². The average Bonchev–Trinajstić information content (AvgIpc) is 3.76. The summed E-state index contributed by atoms with van der Waals surface area (Å²) in [5, 5.41) is 11.3. The molecule has 0 saturated heterocycles. The molecule has 47 heavy (non-hydrogen) atoms. The Morgan fingerprint density at radius 1 is 0.468 bits per heavy atom. The minimum Gasteiger partial charge on any atom is -0.308 e. The Morgan fingerprint density at radius 3 is 2.04 bits per heavy atom. The van der Waals surface area contributed by atoms with Gasteiger partial charge >= 0.3 is 0 Å². The zero-order valence-corrected chi connectivity index (χ0v) is 25.7. The van der Waals surface area contributed by atoms with Crippen molar-refractivity contribution < 1.29 is 0 Å². The number of rotatable bonds is 2. The lowest BCUT2D eigenvalue weighted by Crippen LogP contribution is -2.03. The van der Waals surface area contributed by atoms with E-state index in [1.807, 2.05) is 0 Å². The highest BCUT2D eigenvalue weighted by Gasteiger charge is 2.26. The van der Waals surface area contributed by atoms with Crippen LogP contribution in [0, 0.1) is 0 Å². The molecule has 0 atom stereocenters. The van der Waals surface area contributed by atoms with Gasteiger partial charge in [-0.1, -0.05) is 103 Å². The van der Waals surface area contributed by atoms with Gasteiger partial charge in [0.05, 0.1) is 43.5 Å². The van der Waals surface area contributed by atoms with Crippen molar-refractivity contribution in [3.8, 4) is 17.2 Å². The molecule has 5 heteroatoms. The number of benzene rings is 7. The molecule has 0 bridgehead atoms. The highest BCUT2D eigenvalue weighted by molar-refractivity contribution is 7.26. The molecule has 12 aromatic rings. The maximum Gasteiger partial charge on any atom is 0.235 e. The third kappa shape index (κ3) is 2.90. The standard InChI is InChI=1S/C42H22N4S/c1-2-9-25(10-3-1)38-41-39(28-13-5-7-16-33(28)47-41)44-42(43-38)46-31-21-18-23-11-8-15-30-34(23)36(31)37-32(46)22-19-24-17-20-27-26-12-4-6-14-29(26)45(30)40(27)35(24)37/h1-22H. The fraction of sp³-hybridized carbons (Fsp3) is 0. The molecule has 0 amide bonds. The molecule has 0 unspecified atom stereocenters. The molecular weight excluding hydrogens is 593 g/mol. The van der Waals surface area contributed by atoms with E-state index in [1.165, 1.54) is 69.7 Å². The second-order valence-corrected chi connectivity index (χ2v) is 13.6. The Labute approximate surface area is 271 Å². The summed E-state index contributed by atoms with van der Waals surface area (Å²) in [6.07, 6.45) is 0. The van der Waals surface area contributed by atoms with Gasteiger partial charge in [0, 0.05) is 48.0 Å². The van der Waals surface area contributed by atoms with Crippen molar-refractivity contribution in [3.63, 3.8) is 0 Å². The zero-order valence-electron chi connectivity index (χ0n) is 24.9. The van der Waals surface area contributed by atoms with Crippen LogP contribution in [-0.4, -0.2) is 18.9 Å². The van der Waals surface area contributed by atoms with E-state index in [-0.39, 0.29) is 0 Å². The molecule has 12 rings (SSSR count). The van der Waals surface area contributed by atoms with E-state index in [9.17, 15) is 0 Å². The van der Waals surface area contributed by atoms with E-state index in [4.69, 9.17) is 9.97 Å². The van der Waals surface area contributed by atoms with Crippen LogP contribution < -0.4 is 0 Å². The van der Waals surface area contributed by atoms with Gasteiger partial charge < -0.3 is 4.40 Å². The second-order valence-electron chi connectivity index (χ2n) is 12.6. The summed E-state index contributed by atoms with van der Waals surface area (Å²) in [5.41, 5.74) is 9.03. The molecule has 0 aliphatic rings. The lowest BCUT2D eigenvalue weighted by molar-refractivity contribution is 1.02. The van der Waals surface area contributed by atoms with Gasteiger partial charge in [0.25, 0.3) is 0 Å². The first-order chi connectivity index (χ1) is 23.3. The summed E-state index contributed by atoms with van der Waals surface area (Å²) < 4.78 is 7.16.